The van der Waals surface area contributed by atoms with Crippen molar-refractivity contribution in [2.75, 3.05) is 18.0 Å². The normalized spacial score (nSPS) is 21.7. The molecule has 2 aromatic rings. The van der Waals surface area contributed by atoms with E-state index < -0.39 is 0 Å². The van der Waals surface area contributed by atoms with Gasteiger partial charge in [-0.25, -0.2) is 9.97 Å². The average molecular weight is 310 g/mol. The Hall–Kier alpha value is -2.17. The predicted octanol–water partition coefficient (Wildman–Crippen LogP) is 3.19. The van der Waals surface area contributed by atoms with Crippen LogP contribution >= 0.6 is 0 Å². The summed E-state index contributed by atoms with van der Waals surface area (Å²) in [6.45, 7) is 1.91. The summed E-state index contributed by atoms with van der Waals surface area (Å²) in [6, 6.07) is 6.05. The van der Waals surface area contributed by atoms with Crippen LogP contribution < -0.4 is 9.64 Å². The second-order valence-electron chi connectivity index (χ2n) is 6.45. The van der Waals surface area contributed by atoms with Crippen LogP contribution in [0.1, 0.15) is 43.7 Å². The SMILES string of the molecule is c1cncc(OC2CCCN(c3cc(C4CCC4)ncn3)C2)c1. The standard InChI is InChI=1S/C18H22N4O/c1-4-14(5-1)17-10-18(21-13-20-17)22-9-3-7-16(12-22)23-15-6-2-8-19-11-15/h2,6,8,10-11,13-14,16H,1,3-5,7,9,12H2. The molecule has 0 radical (unpaired) electrons. The molecular formula is C18H22N4O. The number of nitrogens with zero attached hydrogens (tertiary/aromatic N) is 4. The lowest BCUT2D eigenvalue weighted by Gasteiger charge is -2.34. The minimum atomic E-state index is 0.190. The van der Waals surface area contributed by atoms with Crippen molar-refractivity contribution in [3.63, 3.8) is 0 Å². The van der Waals surface area contributed by atoms with E-state index in [-0.39, 0.29) is 6.10 Å². The molecule has 4 rings (SSSR count). The second-order valence-corrected chi connectivity index (χ2v) is 6.45. The van der Waals surface area contributed by atoms with Crippen LogP contribution in [0.4, 0.5) is 5.82 Å². The van der Waals surface area contributed by atoms with Gasteiger partial charge in [0.25, 0.3) is 0 Å². The van der Waals surface area contributed by atoms with E-state index in [4.69, 9.17) is 4.74 Å². The highest BCUT2D eigenvalue weighted by Crippen LogP contribution is 2.36. The Morgan fingerprint density at radius 2 is 2.09 bits per heavy atom. The van der Waals surface area contributed by atoms with Crippen LogP contribution in [-0.2, 0) is 0 Å². The van der Waals surface area contributed by atoms with Crippen LogP contribution in [0.3, 0.4) is 0 Å². The predicted molar refractivity (Wildman–Crippen MR) is 88.7 cm³/mol. The molecule has 2 aromatic heterocycles. The zero-order valence-electron chi connectivity index (χ0n) is 13.3. The highest BCUT2D eigenvalue weighted by Gasteiger charge is 2.25. The summed E-state index contributed by atoms with van der Waals surface area (Å²) in [5.74, 6) is 2.53. The maximum atomic E-state index is 6.07. The lowest BCUT2D eigenvalue weighted by molar-refractivity contribution is 0.178. The molecule has 1 saturated heterocycles. The Kier molecular flexibility index (Phi) is 4.09. The first kappa shape index (κ1) is 14.4. The van der Waals surface area contributed by atoms with Crippen LogP contribution in [0.15, 0.2) is 36.9 Å². The lowest BCUT2D eigenvalue weighted by Crippen LogP contribution is -2.41. The quantitative estimate of drug-likeness (QED) is 0.868. The van der Waals surface area contributed by atoms with Crippen molar-refractivity contribution in [1.82, 2.24) is 15.0 Å². The number of hydrogen-bond acceptors (Lipinski definition) is 5. The Balaban J connectivity index is 1.44. The fraction of sp³-hybridized carbons (Fsp3) is 0.500. The molecule has 5 nitrogen and oxygen atoms in total. The molecule has 1 atom stereocenters. The van der Waals surface area contributed by atoms with E-state index in [0.29, 0.717) is 5.92 Å². The van der Waals surface area contributed by atoms with Crippen molar-refractivity contribution >= 4 is 5.82 Å². The van der Waals surface area contributed by atoms with Gasteiger partial charge in [0.2, 0.25) is 0 Å². The third kappa shape index (κ3) is 3.28. The maximum Gasteiger partial charge on any atom is 0.138 e. The molecule has 5 heteroatoms. The van der Waals surface area contributed by atoms with Gasteiger partial charge in [-0.05, 0) is 37.8 Å². The van der Waals surface area contributed by atoms with Crippen LogP contribution in [0.5, 0.6) is 5.75 Å². The van der Waals surface area contributed by atoms with Crippen molar-refractivity contribution in [3.05, 3.63) is 42.6 Å². The highest BCUT2D eigenvalue weighted by molar-refractivity contribution is 5.40. The Morgan fingerprint density at radius 1 is 1.13 bits per heavy atom. The first-order valence-corrected chi connectivity index (χ1v) is 8.52. The average Bonchev–Trinajstić information content (AvgIpc) is 2.55. The van der Waals surface area contributed by atoms with Crippen LogP contribution in [0.25, 0.3) is 0 Å². The largest absolute Gasteiger partial charge is 0.487 e. The zero-order valence-corrected chi connectivity index (χ0v) is 13.3. The van der Waals surface area contributed by atoms with Gasteiger partial charge in [0, 0.05) is 30.4 Å². The minimum Gasteiger partial charge on any atom is -0.487 e. The second kappa shape index (κ2) is 6.52. The Morgan fingerprint density at radius 3 is 2.87 bits per heavy atom. The summed E-state index contributed by atoms with van der Waals surface area (Å²) in [5.41, 5.74) is 1.21. The summed E-state index contributed by atoms with van der Waals surface area (Å²) in [6.07, 6.45) is 11.5. The lowest BCUT2D eigenvalue weighted by atomic mass is 9.83. The summed E-state index contributed by atoms with van der Waals surface area (Å²) >= 11 is 0. The van der Waals surface area contributed by atoms with Gasteiger partial charge in [-0.3, -0.25) is 4.98 Å². The topological polar surface area (TPSA) is 51.1 Å². The van der Waals surface area contributed by atoms with Gasteiger partial charge in [0.05, 0.1) is 12.7 Å². The number of piperidine rings is 1. The van der Waals surface area contributed by atoms with Gasteiger partial charge < -0.3 is 9.64 Å². The molecule has 3 heterocycles. The zero-order chi connectivity index (χ0) is 15.5. The molecule has 0 amide bonds. The van der Waals surface area contributed by atoms with Crippen molar-refractivity contribution in [2.24, 2.45) is 0 Å². The van der Waals surface area contributed by atoms with Crippen molar-refractivity contribution in [1.29, 1.82) is 0 Å². The van der Waals surface area contributed by atoms with Gasteiger partial charge in [-0.1, -0.05) is 6.42 Å². The molecule has 1 saturated carbocycles. The van der Waals surface area contributed by atoms with E-state index in [0.717, 1.165) is 37.5 Å². The summed E-state index contributed by atoms with van der Waals surface area (Å²) in [4.78, 5) is 15.4. The number of anilines is 1. The first-order chi connectivity index (χ1) is 11.4. The van der Waals surface area contributed by atoms with Crippen LogP contribution in [0.2, 0.25) is 0 Å². The van der Waals surface area contributed by atoms with Crippen molar-refractivity contribution in [2.45, 2.75) is 44.1 Å². The van der Waals surface area contributed by atoms with Crippen molar-refractivity contribution in [3.8, 4) is 5.75 Å². The molecule has 23 heavy (non-hydrogen) atoms. The van der Waals surface area contributed by atoms with Gasteiger partial charge in [0.15, 0.2) is 0 Å². The number of aromatic nitrogens is 3. The van der Waals surface area contributed by atoms with Gasteiger partial charge in [0.1, 0.15) is 24.0 Å². The third-order valence-corrected chi connectivity index (χ3v) is 4.84. The monoisotopic (exact) mass is 310 g/mol. The summed E-state index contributed by atoms with van der Waals surface area (Å²) in [7, 11) is 0. The third-order valence-electron chi connectivity index (χ3n) is 4.84. The molecule has 1 aliphatic heterocycles. The van der Waals surface area contributed by atoms with Gasteiger partial charge in [-0.15, -0.1) is 0 Å². The van der Waals surface area contributed by atoms with Crippen molar-refractivity contribution < 1.29 is 4.74 Å². The first-order valence-electron chi connectivity index (χ1n) is 8.52. The van der Waals surface area contributed by atoms with E-state index in [2.05, 4.69) is 25.9 Å². The van der Waals surface area contributed by atoms with E-state index in [1.807, 2.05) is 12.1 Å². The molecule has 0 aromatic carbocycles. The maximum absolute atomic E-state index is 6.07. The fourth-order valence-corrected chi connectivity index (χ4v) is 3.31. The van der Waals surface area contributed by atoms with Crippen LogP contribution in [0, 0.1) is 0 Å². The summed E-state index contributed by atoms with van der Waals surface area (Å²) < 4.78 is 6.07. The molecule has 0 bridgehead atoms. The van der Waals surface area contributed by atoms with E-state index in [9.17, 15) is 0 Å². The number of hydrogen-bond donors (Lipinski definition) is 0. The van der Waals surface area contributed by atoms with Gasteiger partial charge in [-0.2, -0.15) is 0 Å². The molecule has 0 N–H and O–H groups in total. The molecule has 1 aliphatic carbocycles. The molecule has 2 aliphatic rings. The molecule has 1 unspecified atom stereocenters. The van der Waals surface area contributed by atoms with Crippen LogP contribution in [-0.4, -0.2) is 34.1 Å². The smallest absolute Gasteiger partial charge is 0.138 e. The van der Waals surface area contributed by atoms with E-state index in [1.54, 1.807) is 18.7 Å². The van der Waals surface area contributed by atoms with Gasteiger partial charge >= 0.3 is 0 Å². The molecule has 0 spiro atoms. The highest BCUT2D eigenvalue weighted by atomic mass is 16.5. The van der Waals surface area contributed by atoms with E-state index in [1.165, 1.54) is 25.0 Å². The molecule has 120 valence electrons. The number of rotatable bonds is 4. The fourth-order valence-electron chi connectivity index (χ4n) is 3.31. The Bertz CT molecular complexity index is 644. The number of ether oxygens (including phenoxy) is 1. The Labute approximate surface area is 136 Å². The summed E-state index contributed by atoms with van der Waals surface area (Å²) in [5, 5.41) is 0. The minimum absolute atomic E-state index is 0.190. The number of pyridine rings is 1. The molecule has 2 fully saturated rings. The molecular weight excluding hydrogens is 288 g/mol. The van der Waals surface area contributed by atoms with E-state index >= 15 is 0 Å².